The first-order valence-electron chi connectivity index (χ1n) is 8.43. The quantitative estimate of drug-likeness (QED) is 0.734. The highest BCUT2D eigenvalue weighted by Gasteiger charge is 2.45. The van der Waals surface area contributed by atoms with Gasteiger partial charge in [0.2, 0.25) is 0 Å². The van der Waals surface area contributed by atoms with E-state index >= 15 is 0 Å². The maximum atomic E-state index is 12.0. The number of nitrogens with zero attached hydrogens (tertiary/aromatic N) is 1. The topological polar surface area (TPSA) is 72.1 Å². The minimum absolute atomic E-state index is 0.0790. The molecule has 0 aliphatic heterocycles. The van der Waals surface area contributed by atoms with Gasteiger partial charge in [0, 0.05) is 5.41 Å². The summed E-state index contributed by atoms with van der Waals surface area (Å²) in [4.78, 5) is 7.81. The van der Waals surface area contributed by atoms with Crippen molar-refractivity contribution in [3.05, 3.63) is 54.1 Å². The summed E-state index contributed by atoms with van der Waals surface area (Å²) in [5.41, 5.74) is 2.75. The average molecular weight is 356 g/mol. The molecule has 0 amide bonds. The van der Waals surface area contributed by atoms with Crippen LogP contribution in [0.1, 0.15) is 25.3 Å². The smallest absolute Gasteiger partial charge is 0.294 e. The van der Waals surface area contributed by atoms with Crippen molar-refractivity contribution < 1.29 is 13.2 Å². The second-order valence-corrected chi connectivity index (χ2v) is 8.84. The number of H-pyrrole nitrogens is 1. The molecule has 1 heterocycles. The summed E-state index contributed by atoms with van der Waals surface area (Å²) in [6.07, 6.45) is 2.21. The van der Waals surface area contributed by atoms with Crippen molar-refractivity contribution in [3.63, 3.8) is 0 Å². The molecule has 0 spiro atoms. The third kappa shape index (κ3) is 3.02. The number of aromatic amines is 1. The Morgan fingerprint density at radius 2 is 1.92 bits per heavy atom. The van der Waals surface area contributed by atoms with Crippen LogP contribution in [-0.4, -0.2) is 30.7 Å². The van der Waals surface area contributed by atoms with Gasteiger partial charge in [-0.2, -0.15) is 4.98 Å². The number of aromatic nitrogens is 2. The van der Waals surface area contributed by atoms with E-state index in [1.54, 1.807) is 25.1 Å². The normalized spacial score (nSPS) is 16.0. The van der Waals surface area contributed by atoms with Crippen LogP contribution in [0.2, 0.25) is 0 Å². The van der Waals surface area contributed by atoms with Gasteiger partial charge in [-0.3, -0.25) is 0 Å². The number of imidazole rings is 1. The second kappa shape index (κ2) is 5.88. The molecule has 1 fully saturated rings. The van der Waals surface area contributed by atoms with E-state index in [0.29, 0.717) is 28.5 Å². The lowest BCUT2D eigenvalue weighted by atomic mass is 9.97. The number of sulfone groups is 1. The molecule has 1 aliphatic carbocycles. The molecule has 130 valence electrons. The standard InChI is InChI=1S/C19H20N2O3S/c1-2-25(22,23)15-8-9-16-17(12-15)21-18(20-16)24-13-19(10-11-19)14-6-4-3-5-7-14/h3-9,12H,2,10-11,13H2,1H3,(H,20,21). The van der Waals surface area contributed by atoms with Crippen LogP contribution in [0.5, 0.6) is 6.01 Å². The van der Waals surface area contributed by atoms with Gasteiger partial charge in [0.1, 0.15) is 6.61 Å². The fraction of sp³-hybridized carbons (Fsp3) is 0.316. The third-order valence-corrected chi connectivity index (χ3v) is 6.63. The zero-order chi connectivity index (χ0) is 17.5. The van der Waals surface area contributed by atoms with Crippen molar-refractivity contribution in [2.45, 2.75) is 30.1 Å². The van der Waals surface area contributed by atoms with Gasteiger partial charge in [0.25, 0.3) is 6.01 Å². The van der Waals surface area contributed by atoms with Crippen molar-refractivity contribution in [1.29, 1.82) is 0 Å². The highest BCUT2D eigenvalue weighted by molar-refractivity contribution is 7.91. The zero-order valence-electron chi connectivity index (χ0n) is 14.0. The Morgan fingerprint density at radius 1 is 1.16 bits per heavy atom. The predicted octanol–water partition coefficient (Wildman–Crippen LogP) is 3.47. The lowest BCUT2D eigenvalue weighted by Gasteiger charge is -2.15. The fourth-order valence-corrected chi connectivity index (χ4v) is 3.97. The number of fused-ring (bicyclic) bond motifs is 1. The lowest BCUT2D eigenvalue weighted by molar-refractivity contribution is 0.260. The highest BCUT2D eigenvalue weighted by Crippen LogP contribution is 2.48. The van der Waals surface area contributed by atoms with Crippen LogP contribution in [0.4, 0.5) is 0 Å². The van der Waals surface area contributed by atoms with Crippen LogP contribution in [0, 0.1) is 0 Å². The summed E-state index contributed by atoms with van der Waals surface area (Å²) in [6.45, 7) is 2.21. The van der Waals surface area contributed by atoms with Gasteiger partial charge < -0.3 is 9.72 Å². The zero-order valence-corrected chi connectivity index (χ0v) is 14.8. The van der Waals surface area contributed by atoms with E-state index in [4.69, 9.17) is 4.74 Å². The van der Waals surface area contributed by atoms with Gasteiger partial charge >= 0.3 is 0 Å². The Kier molecular flexibility index (Phi) is 3.80. The molecule has 0 unspecified atom stereocenters. The summed E-state index contributed by atoms with van der Waals surface area (Å²) >= 11 is 0. The number of benzene rings is 2. The van der Waals surface area contributed by atoms with E-state index in [9.17, 15) is 8.42 Å². The summed E-state index contributed by atoms with van der Waals surface area (Å²) < 4.78 is 29.9. The van der Waals surface area contributed by atoms with Crippen molar-refractivity contribution >= 4 is 20.9 Å². The Labute approximate surface area is 147 Å². The summed E-state index contributed by atoms with van der Waals surface area (Å²) in [5.74, 6) is 0.0790. The molecular formula is C19H20N2O3S. The van der Waals surface area contributed by atoms with Crippen LogP contribution >= 0.6 is 0 Å². The van der Waals surface area contributed by atoms with Gasteiger partial charge in [-0.1, -0.05) is 37.3 Å². The maximum absolute atomic E-state index is 12.0. The van der Waals surface area contributed by atoms with Crippen molar-refractivity contribution in [2.75, 3.05) is 12.4 Å². The molecule has 0 atom stereocenters. The average Bonchev–Trinajstić information content (AvgIpc) is 3.32. The summed E-state index contributed by atoms with van der Waals surface area (Å²) in [7, 11) is -3.23. The van der Waals surface area contributed by atoms with E-state index in [1.807, 2.05) is 18.2 Å². The molecule has 1 saturated carbocycles. The van der Waals surface area contributed by atoms with Crippen molar-refractivity contribution in [2.24, 2.45) is 0 Å². The second-order valence-electron chi connectivity index (χ2n) is 6.56. The monoisotopic (exact) mass is 356 g/mol. The summed E-state index contributed by atoms with van der Waals surface area (Å²) in [6, 6.07) is 15.7. The fourth-order valence-electron chi connectivity index (χ4n) is 3.06. The van der Waals surface area contributed by atoms with E-state index in [-0.39, 0.29) is 11.2 Å². The first kappa shape index (κ1) is 16.1. The largest absolute Gasteiger partial charge is 0.464 e. The molecule has 2 aromatic carbocycles. The lowest BCUT2D eigenvalue weighted by Crippen LogP contribution is -2.17. The number of hydrogen-bond acceptors (Lipinski definition) is 4. The van der Waals surface area contributed by atoms with E-state index < -0.39 is 9.84 Å². The number of hydrogen-bond donors (Lipinski definition) is 1. The molecule has 0 radical (unpaired) electrons. The first-order valence-corrected chi connectivity index (χ1v) is 10.1. The number of ether oxygens (including phenoxy) is 1. The van der Waals surface area contributed by atoms with Crippen molar-refractivity contribution in [3.8, 4) is 6.01 Å². The van der Waals surface area contributed by atoms with Crippen LogP contribution in [0.25, 0.3) is 11.0 Å². The van der Waals surface area contributed by atoms with Gasteiger partial charge in [-0.25, -0.2) is 8.42 Å². The van der Waals surface area contributed by atoms with E-state index in [0.717, 1.165) is 12.8 Å². The van der Waals surface area contributed by atoms with E-state index in [1.165, 1.54) is 5.56 Å². The number of nitrogens with one attached hydrogen (secondary N) is 1. The molecule has 1 aromatic heterocycles. The van der Waals surface area contributed by atoms with Crippen LogP contribution in [0.15, 0.2) is 53.4 Å². The predicted molar refractivity (Wildman–Crippen MR) is 96.7 cm³/mol. The van der Waals surface area contributed by atoms with E-state index in [2.05, 4.69) is 22.1 Å². The van der Waals surface area contributed by atoms with Gasteiger partial charge in [0.05, 0.1) is 21.7 Å². The van der Waals surface area contributed by atoms with Gasteiger partial charge in [-0.15, -0.1) is 0 Å². The molecule has 1 N–H and O–H groups in total. The molecule has 3 aromatic rings. The summed E-state index contributed by atoms with van der Waals surface area (Å²) in [5, 5.41) is 0. The van der Waals surface area contributed by atoms with Crippen LogP contribution < -0.4 is 4.74 Å². The SMILES string of the molecule is CCS(=O)(=O)c1ccc2nc(OCC3(c4ccccc4)CC3)[nH]c2c1. The Hall–Kier alpha value is -2.34. The minimum atomic E-state index is -3.23. The molecule has 6 heteroatoms. The third-order valence-electron chi connectivity index (χ3n) is 4.90. The van der Waals surface area contributed by atoms with Crippen LogP contribution in [0.3, 0.4) is 0 Å². The molecule has 5 nitrogen and oxygen atoms in total. The Balaban J connectivity index is 1.55. The van der Waals surface area contributed by atoms with Crippen LogP contribution in [-0.2, 0) is 15.3 Å². The molecule has 0 saturated heterocycles. The van der Waals surface area contributed by atoms with Gasteiger partial charge in [0.15, 0.2) is 9.84 Å². The number of rotatable bonds is 6. The molecule has 4 rings (SSSR count). The Bertz CT molecular complexity index is 1010. The van der Waals surface area contributed by atoms with Crippen molar-refractivity contribution in [1.82, 2.24) is 9.97 Å². The Morgan fingerprint density at radius 3 is 2.60 bits per heavy atom. The minimum Gasteiger partial charge on any atom is -0.464 e. The van der Waals surface area contributed by atoms with Gasteiger partial charge in [-0.05, 0) is 36.6 Å². The molecular weight excluding hydrogens is 336 g/mol. The highest BCUT2D eigenvalue weighted by atomic mass is 32.2. The first-order chi connectivity index (χ1) is 12.0. The maximum Gasteiger partial charge on any atom is 0.294 e. The molecule has 1 aliphatic rings. The molecule has 0 bridgehead atoms. The molecule has 25 heavy (non-hydrogen) atoms.